The normalized spacial score (nSPS) is 12.4. The van der Waals surface area contributed by atoms with E-state index in [1.807, 2.05) is 0 Å². The summed E-state index contributed by atoms with van der Waals surface area (Å²) in [5.74, 6) is 0. The predicted molar refractivity (Wildman–Crippen MR) is 72.9 cm³/mol. The molecule has 1 rings (SSSR count). The first kappa shape index (κ1) is 17.7. The van der Waals surface area contributed by atoms with Crippen LogP contribution in [0.5, 0.6) is 0 Å². The fourth-order valence-corrected chi connectivity index (χ4v) is 2.24. The maximum atomic E-state index is 12.3. The predicted octanol–water partition coefficient (Wildman–Crippen LogP) is 1.63. The average Bonchev–Trinajstić information content (AvgIpc) is 2.42. The summed E-state index contributed by atoms with van der Waals surface area (Å²) >= 11 is 0. The van der Waals surface area contributed by atoms with E-state index in [1.54, 1.807) is 7.11 Å². The third kappa shape index (κ3) is 5.18. The van der Waals surface area contributed by atoms with Crippen LogP contribution < -0.4 is 10.6 Å². The number of ether oxygens (including phenoxy) is 1. The highest BCUT2D eigenvalue weighted by molar-refractivity contribution is 7.92. The Hall–Kier alpha value is -1.32. The van der Waals surface area contributed by atoms with Gasteiger partial charge in [-0.3, -0.25) is 0 Å². The molecule has 0 unspecified atom stereocenters. The van der Waals surface area contributed by atoms with Crippen molar-refractivity contribution >= 4 is 15.5 Å². The van der Waals surface area contributed by atoms with Crippen LogP contribution in [-0.4, -0.2) is 47.3 Å². The van der Waals surface area contributed by atoms with Crippen LogP contribution in [0.1, 0.15) is 0 Å². The molecule has 0 saturated heterocycles. The van der Waals surface area contributed by atoms with Gasteiger partial charge in [0.25, 0.3) is 9.84 Å². The van der Waals surface area contributed by atoms with Crippen LogP contribution in [0.25, 0.3) is 0 Å². The molecule has 0 bridgehead atoms. The lowest BCUT2D eigenvalue weighted by atomic mass is 10.3. The minimum atomic E-state index is -5.28. The van der Waals surface area contributed by atoms with E-state index in [0.29, 0.717) is 31.9 Å². The third-order valence-electron chi connectivity index (χ3n) is 2.58. The van der Waals surface area contributed by atoms with Gasteiger partial charge in [-0.15, -0.1) is 0 Å². The van der Waals surface area contributed by atoms with Gasteiger partial charge in [0.05, 0.1) is 11.5 Å². The molecule has 21 heavy (non-hydrogen) atoms. The van der Waals surface area contributed by atoms with Crippen molar-refractivity contribution in [2.24, 2.45) is 0 Å². The van der Waals surface area contributed by atoms with Gasteiger partial charge in [0.2, 0.25) is 0 Å². The Balaban J connectivity index is 2.52. The van der Waals surface area contributed by atoms with Crippen molar-refractivity contribution < 1.29 is 26.3 Å². The van der Waals surface area contributed by atoms with Gasteiger partial charge in [0.1, 0.15) is 0 Å². The van der Waals surface area contributed by atoms with E-state index >= 15 is 0 Å². The van der Waals surface area contributed by atoms with Crippen molar-refractivity contribution in [3.8, 4) is 0 Å². The van der Waals surface area contributed by atoms with E-state index in [2.05, 4.69) is 10.6 Å². The van der Waals surface area contributed by atoms with Crippen LogP contribution in [0.4, 0.5) is 18.9 Å². The molecule has 0 saturated carbocycles. The number of nitrogens with one attached hydrogen (secondary N) is 2. The lowest BCUT2D eigenvalue weighted by Crippen LogP contribution is -2.25. The summed E-state index contributed by atoms with van der Waals surface area (Å²) in [5, 5.41) is 6.04. The number of hydrogen-bond acceptors (Lipinski definition) is 5. The van der Waals surface area contributed by atoms with E-state index in [9.17, 15) is 21.6 Å². The number of benzene rings is 1. The molecule has 9 heteroatoms. The monoisotopic (exact) mass is 326 g/mol. The van der Waals surface area contributed by atoms with Gasteiger partial charge in [-0.25, -0.2) is 8.42 Å². The Morgan fingerprint density at radius 2 is 1.71 bits per heavy atom. The van der Waals surface area contributed by atoms with E-state index in [0.717, 1.165) is 12.1 Å². The number of methoxy groups -OCH3 is 1. The zero-order valence-electron chi connectivity index (χ0n) is 11.4. The summed E-state index contributed by atoms with van der Waals surface area (Å²) < 4.78 is 64.2. The number of sulfone groups is 1. The van der Waals surface area contributed by atoms with Crippen LogP contribution in [-0.2, 0) is 14.6 Å². The topological polar surface area (TPSA) is 67.4 Å². The third-order valence-corrected chi connectivity index (χ3v) is 4.09. The molecular formula is C12H17F3N2O3S. The zero-order valence-corrected chi connectivity index (χ0v) is 12.2. The van der Waals surface area contributed by atoms with Gasteiger partial charge in [0.15, 0.2) is 0 Å². The molecule has 5 nitrogen and oxygen atoms in total. The van der Waals surface area contributed by atoms with Crippen molar-refractivity contribution in [2.75, 3.05) is 38.7 Å². The zero-order chi connectivity index (χ0) is 15.9. The molecule has 0 amide bonds. The second kappa shape index (κ2) is 7.62. The van der Waals surface area contributed by atoms with Gasteiger partial charge in [-0.05, 0) is 24.3 Å². The summed E-state index contributed by atoms with van der Waals surface area (Å²) in [5.41, 5.74) is -4.74. The highest BCUT2D eigenvalue weighted by Gasteiger charge is 2.46. The van der Waals surface area contributed by atoms with Crippen molar-refractivity contribution in [3.05, 3.63) is 24.3 Å². The molecule has 0 atom stereocenters. The molecule has 0 aliphatic carbocycles. The number of hydrogen-bond donors (Lipinski definition) is 2. The highest BCUT2D eigenvalue weighted by Crippen LogP contribution is 2.30. The Morgan fingerprint density at radius 1 is 1.10 bits per heavy atom. The number of alkyl halides is 3. The SMILES string of the molecule is COCCNCCNc1ccc(S(=O)(=O)C(F)(F)F)cc1. The fourth-order valence-electron chi connectivity index (χ4n) is 1.48. The molecule has 1 aromatic rings. The highest BCUT2D eigenvalue weighted by atomic mass is 32.2. The van der Waals surface area contributed by atoms with Crippen LogP contribution in [0.15, 0.2) is 29.2 Å². The Kier molecular flexibility index (Phi) is 6.43. The van der Waals surface area contributed by atoms with Gasteiger partial charge >= 0.3 is 5.51 Å². The molecule has 0 radical (unpaired) electrons. The number of rotatable bonds is 8. The molecule has 120 valence electrons. The van der Waals surface area contributed by atoms with E-state index in [4.69, 9.17) is 4.74 Å². The standard InChI is InChI=1S/C12H17F3N2O3S/c1-20-9-8-16-6-7-17-10-2-4-11(5-3-10)21(18,19)12(13,14)15/h2-5,16-17H,6-9H2,1H3. The largest absolute Gasteiger partial charge is 0.501 e. The van der Waals surface area contributed by atoms with Gasteiger partial charge in [0, 0.05) is 32.4 Å². The van der Waals surface area contributed by atoms with Crippen LogP contribution in [0.3, 0.4) is 0 Å². The average molecular weight is 326 g/mol. The van der Waals surface area contributed by atoms with E-state index < -0.39 is 20.2 Å². The lowest BCUT2D eigenvalue weighted by molar-refractivity contribution is -0.0436. The smallest absolute Gasteiger partial charge is 0.384 e. The molecule has 0 aliphatic heterocycles. The molecule has 0 fully saturated rings. The summed E-state index contributed by atoms with van der Waals surface area (Å²) in [4.78, 5) is -0.765. The maximum Gasteiger partial charge on any atom is 0.501 e. The lowest BCUT2D eigenvalue weighted by Gasteiger charge is -2.10. The van der Waals surface area contributed by atoms with Crippen molar-refractivity contribution in [1.29, 1.82) is 0 Å². The molecule has 0 aromatic heterocycles. The Bertz CT molecular complexity index is 530. The minimum absolute atomic E-state index is 0.546. The summed E-state index contributed by atoms with van der Waals surface area (Å²) in [6.45, 7) is 2.48. The fraction of sp³-hybridized carbons (Fsp3) is 0.500. The maximum absolute atomic E-state index is 12.3. The quantitative estimate of drug-likeness (QED) is 0.711. The molecule has 1 aromatic carbocycles. The first-order valence-electron chi connectivity index (χ1n) is 6.14. The van der Waals surface area contributed by atoms with Gasteiger partial charge in [-0.2, -0.15) is 13.2 Å². The summed E-state index contributed by atoms with van der Waals surface area (Å²) in [6.07, 6.45) is 0. The first-order chi connectivity index (χ1) is 9.79. The molecule has 0 aliphatic rings. The van der Waals surface area contributed by atoms with Gasteiger partial charge < -0.3 is 15.4 Å². The van der Waals surface area contributed by atoms with E-state index in [1.165, 1.54) is 12.1 Å². The van der Waals surface area contributed by atoms with Crippen LogP contribution in [0, 0.1) is 0 Å². The second-order valence-electron chi connectivity index (χ2n) is 4.14. The van der Waals surface area contributed by atoms with Crippen LogP contribution >= 0.6 is 0 Å². The second-order valence-corrected chi connectivity index (χ2v) is 6.08. The van der Waals surface area contributed by atoms with Crippen molar-refractivity contribution in [2.45, 2.75) is 10.4 Å². The van der Waals surface area contributed by atoms with Crippen molar-refractivity contribution in [3.63, 3.8) is 0 Å². The van der Waals surface area contributed by atoms with Gasteiger partial charge in [-0.1, -0.05) is 0 Å². The Labute approximate surface area is 121 Å². The molecule has 2 N–H and O–H groups in total. The number of anilines is 1. The molecule has 0 heterocycles. The van der Waals surface area contributed by atoms with E-state index in [-0.39, 0.29) is 0 Å². The summed E-state index contributed by atoms with van der Waals surface area (Å²) in [6, 6.07) is 4.47. The molecule has 0 spiro atoms. The minimum Gasteiger partial charge on any atom is -0.384 e. The first-order valence-corrected chi connectivity index (χ1v) is 7.62. The number of halogens is 3. The van der Waals surface area contributed by atoms with Crippen LogP contribution in [0.2, 0.25) is 0 Å². The summed E-state index contributed by atoms with van der Waals surface area (Å²) in [7, 11) is -3.69. The Morgan fingerprint density at radius 3 is 2.24 bits per heavy atom. The van der Waals surface area contributed by atoms with Crippen molar-refractivity contribution in [1.82, 2.24) is 5.32 Å². The molecular weight excluding hydrogens is 309 g/mol.